The first-order chi connectivity index (χ1) is 13.0. The number of halogens is 1. The molecular weight excluding hydrogens is 345 g/mol. The third-order valence-electron chi connectivity index (χ3n) is 5.01. The first kappa shape index (κ1) is 17.5. The van der Waals surface area contributed by atoms with Crippen molar-refractivity contribution >= 4 is 11.6 Å². The second kappa shape index (κ2) is 7.02. The van der Waals surface area contributed by atoms with Crippen molar-refractivity contribution in [2.45, 2.75) is 32.8 Å². The van der Waals surface area contributed by atoms with E-state index in [1.807, 2.05) is 31.2 Å². The molecule has 1 fully saturated rings. The number of benzene rings is 1. The summed E-state index contributed by atoms with van der Waals surface area (Å²) in [5.74, 6) is -0.0995. The summed E-state index contributed by atoms with van der Waals surface area (Å²) in [5, 5.41) is 0. The number of imidazole rings is 1. The van der Waals surface area contributed by atoms with Crippen LogP contribution < -0.4 is 4.74 Å². The Morgan fingerprint density at radius 1 is 1.15 bits per heavy atom. The zero-order chi connectivity index (χ0) is 19.0. The normalized spacial score (nSPS) is 15.3. The maximum Gasteiger partial charge on any atom is 0.277 e. The monoisotopic (exact) mass is 367 g/mol. The summed E-state index contributed by atoms with van der Waals surface area (Å²) in [5.41, 5.74) is 2.20. The van der Waals surface area contributed by atoms with Gasteiger partial charge >= 0.3 is 0 Å². The number of nitrogens with zero attached hydrogens (tertiary/aromatic N) is 3. The molecule has 1 aliphatic heterocycles. The van der Waals surface area contributed by atoms with Crippen LogP contribution in [0.3, 0.4) is 0 Å². The van der Waals surface area contributed by atoms with Crippen molar-refractivity contribution in [2.75, 3.05) is 13.1 Å². The van der Waals surface area contributed by atoms with E-state index < -0.39 is 5.95 Å². The summed E-state index contributed by atoms with van der Waals surface area (Å²) in [6.07, 6.45) is 1.49. The molecule has 0 saturated carbocycles. The number of pyridine rings is 1. The van der Waals surface area contributed by atoms with Gasteiger partial charge in [0.1, 0.15) is 17.5 Å². The van der Waals surface area contributed by atoms with Crippen LogP contribution in [0, 0.1) is 19.8 Å². The molecule has 3 heterocycles. The Morgan fingerprint density at radius 2 is 1.89 bits per heavy atom. The van der Waals surface area contributed by atoms with Gasteiger partial charge in [-0.1, -0.05) is 18.2 Å². The van der Waals surface area contributed by atoms with Crippen LogP contribution in [0.15, 0.2) is 42.5 Å². The topological polar surface area (TPSA) is 46.8 Å². The van der Waals surface area contributed by atoms with E-state index >= 15 is 0 Å². The molecule has 0 bridgehead atoms. The lowest BCUT2D eigenvalue weighted by atomic mass is 10.1. The number of aryl methyl sites for hydroxylation is 2. The molecule has 6 heteroatoms. The molecule has 2 aromatic heterocycles. The van der Waals surface area contributed by atoms with Crippen LogP contribution in [0.25, 0.3) is 5.65 Å². The molecule has 5 nitrogen and oxygen atoms in total. The smallest absolute Gasteiger partial charge is 0.277 e. The van der Waals surface area contributed by atoms with Crippen LogP contribution >= 0.6 is 0 Å². The highest BCUT2D eigenvalue weighted by Gasteiger charge is 2.29. The van der Waals surface area contributed by atoms with Gasteiger partial charge in [-0.2, -0.15) is 4.39 Å². The fraction of sp³-hybridized carbons (Fsp3) is 0.333. The van der Waals surface area contributed by atoms with E-state index in [1.54, 1.807) is 30.0 Å². The molecule has 4 rings (SSSR count). The van der Waals surface area contributed by atoms with Gasteiger partial charge < -0.3 is 9.64 Å². The largest absolute Gasteiger partial charge is 0.490 e. The van der Waals surface area contributed by atoms with Crippen LogP contribution in [0.5, 0.6) is 5.75 Å². The molecule has 0 unspecified atom stereocenters. The van der Waals surface area contributed by atoms with Crippen molar-refractivity contribution in [1.82, 2.24) is 14.3 Å². The molecule has 140 valence electrons. The first-order valence-electron chi connectivity index (χ1n) is 9.19. The lowest BCUT2D eigenvalue weighted by Gasteiger charge is -2.31. The molecule has 1 amide bonds. The van der Waals surface area contributed by atoms with Crippen molar-refractivity contribution in [1.29, 1.82) is 0 Å². The number of piperidine rings is 1. The number of rotatable bonds is 3. The third-order valence-corrected chi connectivity index (χ3v) is 5.01. The summed E-state index contributed by atoms with van der Waals surface area (Å²) in [4.78, 5) is 18.7. The second-order valence-electron chi connectivity index (χ2n) is 7.04. The molecule has 0 N–H and O–H groups in total. The molecule has 3 aromatic rings. The Morgan fingerprint density at radius 3 is 2.59 bits per heavy atom. The number of aromatic nitrogens is 2. The van der Waals surface area contributed by atoms with E-state index in [0.717, 1.165) is 11.3 Å². The Bertz CT molecular complexity index is 990. The van der Waals surface area contributed by atoms with Gasteiger partial charge in [0.15, 0.2) is 5.69 Å². The van der Waals surface area contributed by atoms with E-state index in [4.69, 9.17) is 4.74 Å². The summed E-state index contributed by atoms with van der Waals surface area (Å²) < 4.78 is 22.1. The van der Waals surface area contributed by atoms with E-state index in [0.29, 0.717) is 37.3 Å². The maximum absolute atomic E-state index is 14.7. The molecule has 1 aromatic carbocycles. The van der Waals surface area contributed by atoms with Gasteiger partial charge in [0, 0.05) is 31.6 Å². The quantitative estimate of drug-likeness (QED) is 0.708. The van der Waals surface area contributed by atoms with Crippen LogP contribution in [0.2, 0.25) is 0 Å². The fourth-order valence-corrected chi connectivity index (χ4v) is 3.56. The molecule has 0 aliphatic carbocycles. The highest BCUT2D eigenvalue weighted by atomic mass is 19.1. The highest BCUT2D eigenvalue weighted by molar-refractivity contribution is 5.93. The van der Waals surface area contributed by atoms with E-state index in [2.05, 4.69) is 4.98 Å². The fourth-order valence-electron chi connectivity index (χ4n) is 3.56. The lowest BCUT2D eigenvalue weighted by Crippen LogP contribution is -2.42. The Kier molecular flexibility index (Phi) is 4.56. The van der Waals surface area contributed by atoms with Gasteiger partial charge in [-0.15, -0.1) is 0 Å². The first-order valence-corrected chi connectivity index (χ1v) is 9.19. The zero-order valence-corrected chi connectivity index (χ0v) is 15.5. The lowest BCUT2D eigenvalue weighted by molar-refractivity contribution is 0.0586. The summed E-state index contributed by atoms with van der Waals surface area (Å²) in [7, 11) is 0. The second-order valence-corrected chi connectivity index (χ2v) is 7.04. The Hall–Kier alpha value is -2.89. The molecule has 1 saturated heterocycles. The van der Waals surface area contributed by atoms with Crippen LogP contribution in [-0.2, 0) is 0 Å². The Labute approximate surface area is 157 Å². The number of carbonyl (C=O) groups is 1. The van der Waals surface area contributed by atoms with Crippen molar-refractivity contribution in [2.24, 2.45) is 0 Å². The van der Waals surface area contributed by atoms with E-state index in [9.17, 15) is 9.18 Å². The van der Waals surface area contributed by atoms with Crippen LogP contribution in [0.4, 0.5) is 4.39 Å². The molecule has 0 atom stereocenters. The van der Waals surface area contributed by atoms with Crippen molar-refractivity contribution < 1.29 is 13.9 Å². The number of ether oxygens (including phenoxy) is 1. The minimum atomic E-state index is -0.591. The maximum atomic E-state index is 14.7. The number of amides is 1. The van der Waals surface area contributed by atoms with Crippen molar-refractivity contribution in [3.63, 3.8) is 0 Å². The van der Waals surface area contributed by atoms with E-state index in [1.165, 1.54) is 4.40 Å². The Balaban J connectivity index is 1.44. The van der Waals surface area contributed by atoms with Gasteiger partial charge in [-0.3, -0.25) is 9.20 Å². The summed E-state index contributed by atoms with van der Waals surface area (Å²) >= 11 is 0. The highest BCUT2D eigenvalue weighted by Crippen LogP contribution is 2.22. The van der Waals surface area contributed by atoms with Gasteiger partial charge in [0.25, 0.3) is 5.91 Å². The molecule has 27 heavy (non-hydrogen) atoms. The van der Waals surface area contributed by atoms with Crippen molar-refractivity contribution in [3.05, 3.63) is 65.4 Å². The van der Waals surface area contributed by atoms with Gasteiger partial charge in [0.2, 0.25) is 5.95 Å². The molecule has 0 spiro atoms. The van der Waals surface area contributed by atoms with E-state index in [-0.39, 0.29) is 17.7 Å². The van der Waals surface area contributed by atoms with Gasteiger partial charge in [-0.05, 0) is 43.7 Å². The van der Waals surface area contributed by atoms with Crippen LogP contribution in [0.1, 0.15) is 34.6 Å². The zero-order valence-electron chi connectivity index (χ0n) is 15.5. The van der Waals surface area contributed by atoms with Crippen molar-refractivity contribution in [3.8, 4) is 5.75 Å². The van der Waals surface area contributed by atoms with Gasteiger partial charge in [-0.25, -0.2) is 4.98 Å². The molecule has 0 radical (unpaired) electrons. The predicted octanol–water partition coefficient (Wildman–Crippen LogP) is 3.77. The molecule has 1 aliphatic rings. The summed E-state index contributed by atoms with van der Waals surface area (Å²) in [6.45, 7) is 4.88. The SMILES string of the molecule is Cc1cccc(OC2CCN(C(=O)c3nc4cccc(C)n4c3F)CC2)c1. The van der Waals surface area contributed by atoms with Gasteiger partial charge in [0.05, 0.1) is 0 Å². The average molecular weight is 367 g/mol. The number of likely N-dealkylation sites (tertiary alicyclic amines) is 1. The number of hydrogen-bond acceptors (Lipinski definition) is 3. The minimum Gasteiger partial charge on any atom is -0.490 e. The van der Waals surface area contributed by atoms with Crippen LogP contribution in [-0.4, -0.2) is 39.4 Å². The minimum absolute atomic E-state index is 0.0593. The molecular formula is C21H22FN3O2. The predicted molar refractivity (Wildman–Crippen MR) is 101 cm³/mol. The standard InChI is InChI=1S/C21H22FN3O2/c1-14-5-3-7-17(13-14)27-16-9-11-24(12-10-16)21(26)19-20(22)25-15(2)6-4-8-18(25)23-19/h3-8,13,16H,9-12H2,1-2H3. The number of hydrogen-bond donors (Lipinski definition) is 0. The number of carbonyl (C=O) groups excluding carboxylic acids is 1. The summed E-state index contributed by atoms with van der Waals surface area (Å²) in [6, 6.07) is 13.2. The number of fused-ring (bicyclic) bond motifs is 1. The third kappa shape index (κ3) is 3.39. The average Bonchev–Trinajstić information content (AvgIpc) is 3.00.